The summed E-state index contributed by atoms with van der Waals surface area (Å²) >= 11 is 0. The molecule has 1 aromatic rings. The first kappa shape index (κ1) is 8.40. The van der Waals surface area contributed by atoms with Gasteiger partial charge in [-0.25, -0.2) is 9.97 Å². The minimum Gasteiger partial charge on any atom is -0.383 e. The van der Waals surface area contributed by atoms with Crippen LogP contribution in [0.3, 0.4) is 0 Å². The first-order valence-electron chi connectivity index (χ1n) is 4.23. The number of nitrogens with two attached hydrogens (primary N) is 2. The Morgan fingerprint density at radius 2 is 2.15 bits per heavy atom. The van der Waals surface area contributed by atoms with Gasteiger partial charge in [-0.15, -0.1) is 0 Å². The summed E-state index contributed by atoms with van der Waals surface area (Å²) in [4.78, 5) is 8.45. The molecule has 13 heavy (non-hydrogen) atoms. The first-order chi connectivity index (χ1) is 6.31. The average Bonchev–Trinajstić information content (AvgIpc) is 2.53. The van der Waals surface area contributed by atoms with Gasteiger partial charge in [0.1, 0.15) is 11.6 Å². The van der Waals surface area contributed by atoms with Crippen LogP contribution in [0.25, 0.3) is 0 Å². The van der Waals surface area contributed by atoms with Crippen LogP contribution in [0.4, 0.5) is 5.82 Å². The molecule has 0 saturated heterocycles. The van der Waals surface area contributed by atoms with E-state index in [4.69, 9.17) is 16.2 Å². The first-order valence-corrected chi connectivity index (χ1v) is 4.23. The quantitative estimate of drug-likeness (QED) is 0.646. The lowest BCUT2D eigenvalue weighted by Gasteiger charge is -2.03. The van der Waals surface area contributed by atoms with Crippen LogP contribution in [0.1, 0.15) is 17.1 Å². The van der Waals surface area contributed by atoms with E-state index in [1.807, 2.05) is 0 Å². The van der Waals surface area contributed by atoms with Crippen LogP contribution < -0.4 is 11.5 Å². The number of nitrogens with zero attached hydrogens (tertiary/aromatic N) is 2. The maximum atomic E-state index is 5.73. The summed E-state index contributed by atoms with van der Waals surface area (Å²) < 4.78 is 5.22. The fourth-order valence-corrected chi connectivity index (χ4v) is 1.37. The van der Waals surface area contributed by atoms with Gasteiger partial charge in [0.2, 0.25) is 0 Å². The minimum absolute atomic E-state index is 0.532. The molecule has 0 spiro atoms. The van der Waals surface area contributed by atoms with E-state index >= 15 is 0 Å². The normalized spacial score (nSPS) is 14.5. The molecule has 2 heterocycles. The predicted octanol–water partition coefficient (Wildman–Crippen LogP) is -0.410. The van der Waals surface area contributed by atoms with E-state index < -0.39 is 0 Å². The van der Waals surface area contributed by atoms with Crippen molar-refractivity contribution in [1.82, 2.24) is 9.97 Å². The molecule has 1 aliphatic rings. The third kappa shape index (κ3) is 1.48. The molecule has 0 aliphatic carbocycles. The van der Waals surface area contributed by atoms with Crippen molar-refractivity contribution in [1.29, 1.82) is 0 Å². The van der Waals surface area contributed by atoms with Crippen molar-refractivity contribution in [2.24, 2.45) is 5.73 Å². The van der Waals surface area contributed by atoms with Crippen molar-refractivity contribution in [2.75, 3.05) is 12.3 Å². The second kappa shape index (κ2) is 3.27. The third-order valence-corrected chi connectivity index (χ3v) is 2.02. The number of anilines is 1. The highest BCUT2D eigenvalue weighted by Gasteiger charge is 2.17. The van der Waals surface area contributed by atoms with Gasteiger partial charge >= 0.3 is 0 Å². The number of fused-ring (bicyclic) bond motifs is 1. The Kier molecular flexibility index (Phi) is 2.12. The van der Waals surface area contributed by atoms with Gasteiger partial charge in [0.25, 0.3) is 0 Å². The van der Waals surface area contributed by atoms with Gasteiger partial charge < -0.3 is 16.2 Å². The Labute approximate surface area is 76.1 Å². The zero-order valence-electron chi connectivity index (χ0n) is 7.29. The van der Waals surface area contributed by atoms with E-state index in [2.05, 4.69) is 9.97 Å². The summed E-state index contributed by atoms with van der Waals surface area (Å²) in [6, 6.07) is 0. The summed E-state index contributed by atoms with van der Waals surface area (Å²) in [5.74, 6) is 1.25. The number of rotatable bonds is 2. The molecule has 0 fully saturated rings. The van der Waals surface area contributed by atoms with Crippen molar-refractivity contribution >= 4 is 5.82 Å². The highest BCUT2D eigenvalue weighted by atomic mass is 16.5. The lowest BCUT2D eigenvalue weighted by Crippen LogP contribution is -2.10. The third-order valence-electron chi connectivity index (χ3n) is 2.02. The Bertz CT molecular complexity index is 326. The number of ether oxygens (including phenoxy) is 1. The molecule has 5 nitrogen and oxygen atoms in total. The summed E-state index contributed by atoms with van der Waals surface area (Å²) in [5.41, 5.74) is 13.0. The molecule has 4 N–H and O–H groups in total. The van der Waals surface area contributed by atoms with Crippen LogP contribution in [-0.4, -0.2) is 16.5 Å². The summed E-state index contributed by atoms with van der Waals surface area (Å²) in [6.07, 6.45) is 0.664. The monoisotopic (exact) mass is 180 g/mol. The fourth-order valence-electron chi connectivity index (χ4n) is 1.37. The highest BCUT2D eigenvalue weighted by Crippen LogP contribution is 2.21. The van der Waals surface area contributed by atoms with Gasteiger partial charge in [0, 0.05) is 12.0 Å². The van der Waals surface area contributed by atoms with E-state index in [1.54, 1.807) is 0 Å². The van der Waals surface area contributed by atoms with Crippen molar-refractivity contribution in [2.45, 2.75) is 19.6 Å². The summed E-state index contributed by atoms with van der Waals surface area (Å²) in [5, 5.41) is 0. The topological polar surface area (TPSA) is 87.0 Å². The molecule has 0 bridgehead atoms. The van der Waals surface area contributed by atoms with Crippen molar-refractivity contribution in [3.63, 3.8) is 0 Å². The van der Waals surface area contributed by atoms with Crippen molar-refractivity contribution in [3.05, 3.63) is 17.1 Å². The Morgan fingerprint density at radius 1 is 1.31 bits per heavy atom. The highest BCUT2D eigenvalue weighted by molar-refractivity contribution is 5.43. The molecule has 0 radical (unpaired) electrons. The molecular weight excluding hydrogens is 168 g/mol. The van der Waals surface area contributed by atoms with Crippen molar-refractivity contribution < 1.29 is 4.74 Å². The maximum absolute atomic E-state index is 5.73. The molecule has 0 saturated carbocycles. The molecule has 70 valence electrons. The van der Waals surface area contributed by atoms with Crippen LogP contribution >= 0.6 is 0 Å². The predicted molar refractivity (Wildman–Crippen MR) is 47.7 cm³/mol. The Morgan fingerprint density at radius 3 is 2.92 bits per heavy atom. The van der Waals surface area contributed by atoms with Crippen LogP contribution in [0.2, 0.25) is 0 Å². The van der Waals surface area contributed by atoms with E-state index in [-0.39, 0.29) is 0 Å². The van der Waals surface area contributed by atoms with E-state index in [0.29, 0.717) is 37.8 Å². The number of aromatic nitrogens is 2. The second-order valence-corrected chi connectivity index (χ2v) is 2.98. The van der Waals surface area contributed by atoms with Crippen molar-refractivity contribution in [3.8, 4) is 0 Å². The smallest absolute Gasteiger partial charge is 0.133 e. The molecule has 0 atom stereocenters. The molecule has 0 amide bonds. The number of hydrogen-bond acceptors (Lipinski definition) is 5. The summed E-state index contributed by atoms with van der Waals surface area (Å²) in [6.45, 7) is 1.61. The summed E-state index contributed by atoms with van der Waals surface area (Å²) in [7, 11) is 0. The van der Waals surface area contributed by atoms with E-state index in [0.717, 1.165) is 11.3 Å². The Balaban J connectivity index is 2.37. The zero-order valence-corrected chi connectivity index (χ0v) is 7.29. The van der Waals surface area contributed by atoms with Crippen LogP contribution in [0.15, 0.2) is 0 Å². The minimum atomic E-state index is 0.532. The van der Waals surface area contributed by atoms with Crippen LogP contribution in [-0.2, 0) is 24.4 Å². The van der Waals surface area contributed by atoms with E-state index in [1.165, 1.54) is 0 Å². The Hall–Kier alpha value is -1.20. The molecule has 0 unspecified atom stereocenters. The lowest BCUT2D eigenvalue weighted by molar-refractivity contribution is 0.133. The van der Waals surface area contributed by atoms with Gasteiger partial charge in [-0.05, 0) is 6.54 Å². The van der Waals surface area contributed by atoms with E-state index in [9.17, 15) is 0 Å². The molecular formula is C8H12N4O. The zero-order chi connectivity index (χ0) is 9.26. The molecule has 5 heteroatoms. The maximum Gasteiger partial charge on any atom is 0.133 e. The van der Waals surface area contributed by atoms with Gasteiger partial charge in [-0.1, -0.05) is 0 Å². The fraction of sp³-hybridized carbons (Fsp3) is 0.500. The number of hydrogen-bond donors (Lipinski definition) is 2. The van der Waals surface area contributed by atoms with Gasteiger partial charge in [0.15, 0.2) is 0 Å². The standard InChI is InChI=1S/C8H12N4O/c9-2-1-7-11-6-4-13-3-5(6)8(10)12-7/h1-4,9H2,(H2,10,11,12). The largest absolute Gasteiger partial charge is 0.383 e. The van der Waals surface area contributed by atoms with Crippen LogP contribution in [0, 0.1) is 0 Å². The van der Waals surface area contributed by atoms with Gasteiger partial charge in [0.05, 0.1) is 18.9 Å². The SMILES string of the molecule is NCCc1nc(N)c2c(n1)COC2. The second-order valence-electron chi connectivity index (χ2n) is 2.98. The molecule has 1 aromatic heterocycles. The molecule has 1 aliphatic heterocycles. The lowest BCUT2D eigenvalue weighted by atomic mass is 10.2. The number of nitrogen functional groups attached to an aromatic ring is 1. The van der Waals surface area contributed by atoms with Gasteiger partial charge in [-0.3, -0.25) is 0 Å². The van der Waals surface area contributed by atoms with Crippen LogP contribution in [0.5, 0.6) is 0 Å². The van der Waals surface area contributed by atoms with Gasteiger partial charge in [-0.2, -0.15) is 0 Å². The average molecular weight is 180 g/mol. The molecule has 0 aromatic carbocycles. The molecule has 2 rings (SSSR count).